The van der Waals surface area contributed by atoms with Gasteiger partial charge < -0.3 is 170 Å². The summed E-state index contributed by atoms with van der Waals surface area (Å²) in [6.07, 6.45) is -55.6. The Bertz CT molecular complexity index is 4000. The topological polar surface area (TPSA) is 691 Å². The molecule has 0 amide bonds. The summed E-state index contributed by atoms with van der Waals surface area (Å²) in [6, 6.07) is 0. The van der Waals surface area contributed by atoms with E-state index in [1.54, 1.807) is 0 Å². The molecule has 6 heterocycles. The summed E-state index contributed by atoms with van der Waals surface area (Å²) >= 11 is 0. The number of hydrogen-bond acceptors (Lipinski definition) is 57. The van der Waals surface area contributed by atoms with Gasteiger partial charge in [0.25, 0.3) is 0 Å². The van der Waals surface area contributed by atoms with Crippen LogP contribution in [0.25, 0.3) is 0 Å². The summed E-state index contributed by atoms with van der Waals surface area (Å²) in [5, 5.41) is 0. The van der Waals surface area contributed by atoms with Gasteiger partial charge >= 0.3 is 134 Å². The van der Waals surface area contributed by atoms with Gasteiger partial charge in [-0.2, -0.15) is 0 Å². The van der Waals surface area contributed by atoms with Crippen LogP contribution >= 0.6 is 8.60 Å². The lowest BCUT2D eigenvalue weighted by atomic mass is 9.96. The van der Waals surface area contributed by atoms with E-state index >= 15 is 0 Å². The molecule has 0 N–H and O–H groups in total. The van der Waals surface area contributed by atoms with E-state index in [1.165, 1.54) is 0 Å². The first-order valence-electron chi connectivity index (χ1n) is 45.0. The largest absolute Gasteiger partial charge is 0.463 e. The third-order valence-corrected chi connectivity index (χ3v) is 21.1. The van der Waals surface area contributed by atoms with Crippen molar-refractivity contribution in [1.82, 2.24) is 0 Å². The molecule has 30 atom stereocenters. The van der Waals surface area contributed by atoms with Crippen molar-refractivity contribution in [2.24, 2.45) is 0 Å². The molecular weight excluding hydrogens is 1990 g/mol. The van der Waals surface area contributed by atoms with Crippen molar-refractivity contribution in [3.63, 3.8) is 0 Å². The SMILES string of the molecule is CC(=O)OC[C@H]1O[C@@H](O[C@H]2[C@H](OC(C)=O)[C@@H](OC(C)=O)[C@H](OCCCOP(OCCCO[C@@H]3O[C@H](COC(C)=O)[C@@H](O[C@@H]4O[C@H](COC(C)=O)[C@H](OC(C)=O)[C@H](OC(C)=O)[C@H]4OC(C)=O)[C@H](OC(C)=O)[C@H]3OC(C)=O)OCCCO[C@@H]3O[C@H](COC(C)=O)[C@@H](O[C@@H]4O[C@H](COC(C)=O)[C@H](OC(C)=O)[C@H](OC(C)=O)[C@H]4OC(C)=O)[C@H](OC(C)=O)[C@H]3OC(C)=O)O[C@@H]2COC(C)=O)[C@H](OC(C)=O)[C@@H](OC(C)=O)[C@H]1OC(C)=O. The second-order valence-electron chi connectivity index (χ2n) is 32.4. The van der Waals surface area contributed by atoms with Crippen LogP contribution in [0.4, 0.5) is 0 Å². The van der Waals surface area contributed by atoms with Crippen molar-refractivity contribution in [2.75, 3.05) is 79.3 Å². The molecule has 6 rings (SSSR count). The smallest absolute Gasteiger partial charge is 0.332 e. The molecule has 58 heteroatoms. The molecular formula is C87H123O57P. The Morgan fingerprint density at radius 1 is 0.166 bits per heavy atom. The molecule has 6 aliphatic rings. The van der Waals surface area contributed by atoms with E-state index in [-0.39, 0.29) is 19.3 Å². The fourth-order valence-electron chi connectivity index (χ4n) is 15.1. The zero-order valence-corrected chi connectivity index (χ0v) is 84.0. The Hall–Kier alpha value is -11.3. The lowest BCUT2D eigenvalue weighted by molar-refractivity contribution is -0.361. The van der Waals surface area contributed by atoms with Crippen LogP contribution in [0.3, 0.4) is 0 Å². The Balaban J connectivity index is 1.37. The Morgan fingerprint density at radius 3 is 0.469 bits per heavy atom. The Morgan fingerprint density at radius 2 is 0.303 bits per heavy atom. The van der Waals surface area contributed by atoms with Crippen molar-refractivity contribution in [3.8, 4) is 0 Å². The molecule has 6 fully saturated rings. The van der Waals surface area contributed by atoms with Crippen molar-refractivity contribution < 1.29 is 271 Å². The first kappa shape index (κ1) is 122. The fraction of sp³-hybridized carbons (Fsp3) is 0.759. The molecule has 145 heavy (non-hydrogen) atoms. The maximum absolute atomic E-state index is 13.3. The van der Waals surface area contributed by atoms with E-state index in [0.29, 0.717) is 0 Å². The second-order valence-corrected chi connectivity index (χ2v) is 33.6. The van der Waals surface area contributed by atoms with Gasteiger partial charge in [-0.3, -0.25) is 101 Å². The van der Waals surface area contributed by atoms with Crippen molar-refractivity contribution >= 4 is 134 Å². The van der Waals surface area contributed by atoms with E-state index in [0.717, 1.165) is 145 Å². The van der Waals surface area contributed by atoms with Crippen LogP contribution in [0.15, 0.2) is 0 Å². The predicted octanol–water partition coefficient (Wildman–Crippen LogP) is -0.658. The minimum atomic E-state index is -2.67. The molecule has 0 unspecified atom stereocenters. The number of carbonyl (C=O) groups is 21. The average Bonchev–Trinajstić information content (AvgIpc) is 0.767. The maximum Gasteiger partial charge on any atom is 0.332 e. The molecule has 818 valence electrons. The third-order valence-electron chi connectivity index (χ3n) is 20.0. The Labute approximate surface area is 829 Å². The highest BCUT2D eigenvalue weighted by atomic mass is 31.2. The van der Waals surface area contributed by atoms with E-state index in [2.05, 4.69) is 0 Å². The van der Waals surface area contributed by atoms with Crippen LogP contribution in [-0.4, -0.2) is 389 Å². The van der Waals surface area contributed by atoms with Gasteiger partial charge in [0.15, 0.2) is 129 Å². The number of carbonyl (C=O) groups excluding carboxylic acids is 21. The van der Waals surface area contributed by atoms with E-state index in [9.17, 15) is 101 Å². The van der Waals surface area contributed by atoms with Gasteiger partial charge in [-0.15, -0.1) is 0 Å². The van der Waals surface area contributed by atoms with E-state index < -0.39 is 397 Å². The molecule has 0 bridgehead atoms. The minimum absolute atomic E-state index is 0.220. The lowest BCUT2D eigenvalue weighted by Crippen LogP contribution is -2.67. The molecule has 0 saturated carbocycles. The highest BCUT2D eigenvalue weighted by Gasteiger charge is 2.63. The first-order chi connectivity index (χ1) is 68.2. The van der Waals surface area contributed by atoms with Crippen molar-refractivity contribution in [2.45, 2.75) is 349 Å². The van der Waals surface area contributed by atoms with Crippen LogP contribution < -0.4 is 0 Å². The summed E-state index contributed by atoms with van der Waals surface area (Å²) in [5.74, 6) is -21.1. The summed E-state index contributed by atoms with van der Waals surface area (Å²) in [6.45, 7) is 12.9. The van der Waals surface area contributed by atoms with Gasteiger partial charge in [-0.05, 0) is 19.3 Å². The zero-order chi connectivity index (χ0) is 108. The van der Waals surface area contributed by atoms with Crippen molar-refractivity contribution in [1.29, 1.82) is 0 Å². The monoisotopic (exact) mass is 2110 g/mol. The molecule has 0 aromatic carbocycles. The molecule has 0 radical (unpaired) electrons. The van der Waals surface area contributed by atoms with Crippen LogP contribution in [0.2, 0.25) is 0 Å². The van der Waals surface area contributed by atoms with Gasteiger partial charge in [-0.25, -0.2) is 0 Å². The highest BCUT2D eigenvalue weighted by molar-refractivity contribution is 7.41. The molecule has 0 spiro atoms. The second kappa shape index (κ2) is 60.1. The number of ether oxygens (including phenoxy) is 33. The normalized spacial score (nSPS) is 30.0. The van der Waals surface area contributed by atoms with Crippen LogP contribution in [0.5, 0.6) is 0 Å². The molecule has 0 aliphatic carbocycles. The first-order valence-corrected chi connectivity index (χ1v) is 46.1. The summed E-state index contributed by atoms with van der Waals surface area (Å²) in [4.78, 5) is 269. The quantitative estimate of drug-likeness (QED) is 0.0316. The van der Waals surface area contributed by atoms with Gasteiger partial charge in [-0.1, -0.05) is 0 Å². The van der Waals surface area contributed by atoms with E-state index in [4.69, 9.17) is 170 Å². The minimum Gasteiger partial charge on any atom is -0.463 e. The molecule has 57 nitrogen and oxygen atoms in total. The fourth-order valence-corrected chi connectivity index (χ4v) is 16.2. The van der Waals surface area contributed by atoms with Crippen LogP contribution in [-0.2, 0) is 271 Å². The highest BCUT2D eigenvalue weighted by Crippen LogP contribution is 2.44. The molecule has 0 aromatic heterocycles. The molecule has 6 aliphatic heterocycles. The van der Waals surface area contributed by atoms with Crippen LogP contribution in [0.1, 0.15) is 165 Å². The summed E-state index contributed by atoms with van der Waals surface area (Å²) < 4.78 is 211. The maximum atomic E-state index is 13.3. The molecule has 6 saturated heterocycles. The lowest BCUT2D eigenvalue weighted by Gasteiger charge is -2.48. The molecule has 0 aromatic rings. The van der Waals surface area contributed by atoms with Gasteiger partial charge in [0.2, 0.25) is 0 Å². The van der Waals surface area contributed by atoms with Crippen molar-refractivity contribution in [3.05, 3.63) is 0 Å². The zero-order valence-electron chi connectivity index (χ0n) is 83.1. The van der Waals surface area contributed by atoms with Gasteiger partial charge in [0, 0.05) is 145 Å². The number of hydrogen-bond donors (Lipinski definition) is 0. The standard InChI is InChI=1S/C87H123O57P/c1-37(88)112-31-58-64(121-43(7)94)70(124-46(10)97)79(133-55(19)106)85(139-58)142-67-61(34-115-40(4)91)136-82(76(130-52(16)103)73(67)127-49(13)100)109-25-22-28-118-145(119-29-23-26-110-83-77(131-53(17)104)74(128-50(14)101)68(62(137-83)35-116-41(5)92)143-86-80(134-56(20)107)71(125-47(11)98)65(122-44(8)95)59(140-86)32-113-38(2)89)120-30-24-27-111-84-78(132-54(18)105)75(129-51(15)102)69(63(138-84)36-117-42(6)93)144-87-81(135-57(21)108)72(126-48(12)99)66(123-45(9)96)60(141-87)33-114-39(3)90/h58-87H,22-36H2,1-21H3/t58-,59-,60-,61-,62-,63-,64+,65+,66+,67-,68-,69-,70+,71+,72+,73+,74+,75+,76-,77-,78-,79-,80-,81-,82-,83-,84-,85+,86+,87+/m1/s1. The number of esters is 21. The number of rotatable bonds is 51. The van der Waals surface area contributed by atoms with E-state index in [1.807, 2.05) is 0 Å². The Kier molecular flexibility index (Phi) is 50.7. The third kappa shape index (κ3) is 41.2. The van der Waals surface area contributed by atoms with Gasteiger partial charge in [0.05, 0.1) is 39.6 Å². The van der Waals surface area contributed by atoms with Gasteiger partial charge in [0.1, 0.15) is 94.6 Å². The predicted molar refractivity (Wildman–Crippen MR) is 456 cm³/mol. The summed E-state index contributed by atoms with van der Waals surface area (Å²) in [7, 11) is -2.67. The van der Waals surface area contributed by atoms with Crippen LogP contribution in [0, 0.1) is 0 Å². The average molecular weight is 2110 g/mol. The summed E-state index contributed by atoms with van der Waals surface area (Å²) in [5.41, 5.74) is 0.